The fourth-order valence-electron chi connectivity index (χ4n) is 4.05. The van der Waals surface area contributed by atoms with Crippen molar-refractivity contribution in [2.24, 2.45) is 5.73 Å². The number of pyridine rings is 1. The zero-order valence-electron chi connectivity index (χ0n) is 15.6. The Morgan fingerprint density at radius 3 is 2.61 bits per heavy atom. The van der Waals surface area contributed by atoms with Crippen LogP contribution in [0.3, 0.4) is 0 Å². The number of fused-ring (bicyclic) bond motifs is 1. The predicted molar refractivity (Wildman–Crippen MR) is 102 cm³/mol. The molecule has 2 heterocycles. The molecule has 2 aromatic rings. The van der Waals surface area contributed by atoms with Crippen molar-refractivity contribution >= 4 is 22.6 Å². The third kappa shape index (κ3) is 2.63. The van der Waals surface area contributed by atoms with Crippen LogP contribution in [0.4, 0.5) is 14.5 Å². The van der Waals surface area contributed by atoms with E-state index >= 15 is 4.39 Å². The van der Waals surface area contributed by atoms with Crippen LogP contribution in [-0.4, -0.2) is 40.4 Å². The monoisotopic (exact) mass is 389 g/mol. The van der Waals surface area contributed by atoms with Gasteiger partial charge in [-0.25, -0.2) is 13.6 Å². The van der Waals surface area contributed by atoms with Gasteiger partial charge in [0.05, 0.1) is 22.8 Å². The van der Waals surface area contributed by atoms with Gasteiger partial charge in [0.25, 0.3) is 0 Å². The maximum absolute atomic E-state index is 15.1. The number of aryl methyl sites for hydroxylation is 1. The highest BCUT2D eigenvalue weighted by Crippen LogP contribution is 2.43. The Labute approximate surface area is 159 Å². The normalized spacial score (nSPS) is 26.9. The zero-order valence-corrected chi connectivity index (χ0v) is 15.6. The van der Waals surface area contributed by atoms with Gasteiger partial charge in [-0.15, -0.1) is 0 Å². The molecule has 0 radical (unpaired) electrons. The van der Waals surface area contributed by atoms with Gasteiger partial charge in [-0.2, -0.15) is 0 Å². The number of hydrogen-bond donors (Lipinski definition) is 2. The lowest BCUT2D eigenvalue weighted by Gasteiger charge is -2.25. The largest absolute Gasteiger partial charge is 0.477 e. The van der Waals surface area contributed by atoms with Crippen molar-refractivity contribution in [3.8, 4) is 0 Å². The van der Waals surface area contributed by atoms with E-state index in [1.807, 2.05) is 6.92 Å². The highest BCUT2D eigenvalue weighted by molar-refractivity contribution is 5.95. The third-order valence-electron chi connectivity index (χ3n) is 5.77. The van der Waals surface area contributed by atoms with Crippen LogP contribution >= 0.6 is 0 Å². The lowest BCUT2D eigenvalue weighted by atomic mass is 9.99. The summed E-state index contributed by atoms with van der Waals surface area (Å²) in [6.07, 6.45) is 0.270. The van der Waals surface area contributed by atoms with E-state index in [1.165, 1.54) is 10.8 Å². The summed E-state index contributed by atoms with van der Waals surface area (Å²) in [4.78, 5) is 25.9. The average Bonchev–Trinajstić information content (AvgIpc) is 3.24. The van der Waals surface area contributed by atoms with Crippen LogP contribution in [0.15, 0.2) is 29.2 Å². The summed E-state index contributed by atoms with van der Waals surface area (Å²) in [5.74, 6) is -2.07. The first kappa shape index (κ1) is 18.6. The Kier molecular flexibility index (Phi) is 3.91. The smallest absolute Gasteiger partial charge is 0.341 e. The number of halogens is 2. The molecule has 4 rings (SSSR count). The van der Waals surface area contributed by atoms with Gasteiger partial charge in [-0.05, 0) is 31.1 Å². The Hall–Kier alpha value is -2.74. The van der Waals surface area contributed by atoms with Crippen LogP contribution in [0.1, 0.15) is 35.3 Å². The number of carbonyl (C=O) groups is 1. The van der Waals surface area contributed by atoms with Crippen molar-refractivity contribution < 1.29 is 18.7 Å². The van der Waals surface area contributed by atoms with Gasteiger partial charge in [0.15, 0.2) is 0 Å². The molecular formula is C20H21F2N3O3. The minimum atomic E-state index is -1.42. The number of aromatic carboxylic acids is 1. The number of carboxylic acid groups (broad SMARTS) is 1. The van der Waals surface area contributed by atoms with E-state index in [1.54, 1.807) is 11.8 Å². The summed E-state index contributed by atoms with van der Waals surface area (Å²) in [6.45, 7) is 8.14. The molecule has 0 amide bonds. The van der Waals surface area contributed by atoms with E-state index < -0.39 is 40.5 Å². The molecule has 1 aromatic carbocycles. The van der Waals surface area contributed by atoms with Crippen LogP contribution in [0.25, 0.3) is 10.9 Å². The highest BCUT2D eigenvalue weighted by atomic mass is 19.1. The number of hydrogen-bond acceptors (Lipinski definition) is 4. The van der Waals surface area contributed by atoms with Gasteiger partial charge >= 0.3 is 5.97 Å². The summed E-state index contributed by atoms with van der Waals surface area (Å²) in [5, 5.41) is 9.27. The molecule has 3 N–H and O–H groups in total. The SMILES string of the molecule is C=C1CN(c2c(F)cc3c(=O)c(C(=O)O)cn([C@@H]4C[C@@H]4F)c3c2C)CC1(C)N. The fourth-order valence-corrected chi connectivity index (χ4v) is 4.05. The average molecular weight is 389 g/mol. The van der Waals surface area contributed by atoms with Crippen molar-refractivity contribution in [1.29, 1.82) is 0 Å². The van der Waals surface area contributed by atoms with Crippen molar-refractivity contribution in [2.45, 2.75) is 38.0 Å². The number of nitrogens with zero attached hydrogens (tertiary/aromatic N) is 2. The first-order chi connectivity index (χ1) is 13.0. The van der Waals surface area contributed by atoms with E-state index in [2.05, 4.69) is 6.58 Å². The molecule has 148 valence electrons. The summed E-state index contributed by atoms with van der Waals surface area (Å²) < 4.78 is 30.4. The second-order valence-corrected chi connectivity index (χ2v) is 8.01. The number of anilines is 1. The summed E-state index contributed by atoms with van der Waals surface area (Å²) in [6, 6.07) is 0.486. The van der Waals surface area contributed by atoms with Crippen LogP contribution in [-0.2, 0) is 0 Å². The Bertz CT molecular complexity index is 1110. The van der Waals surface area contributed by atoms with Crippen LogP contribution in [0.5, 0.6) is 0 Å². The van der Waals surface area contributed by atoms with Gasteiger partial charge < -0.3 is 20.3 Å². The van der Waals surface area contributed by atoms with Crippen molar-refractivity contribution in [2.75, 3.05) is 18.0 Å². The first-order valence-electron chi connectivity index (χ1n) is 9.00. The maximum Gasteiger partial charge on any atom is 0.341 e. The fraction of sp³-hybridized carbons (Fsp3) is 0.400. The Balaban J connectivity index is 2.01. The highest BCUT2D eigenvalue weighted by Gasteiger charge is 2.41. The van der Waals surface area contributed by atoms with Gasteiger partial charge in [0, 0.05) is 31.1 Å². The molecule has 1 aliphatic heterocycles. The van der Waals surface area contributed by atoms with E-state index in [4.69, 9.17) is 5.73 Å². The van der Waals surface area contributed by atoms with Crippen LogP contribution in [0.2, 0.25) is 0 Å². The topological polar surface area (TPSA) is 88.6 Å². The molecule has 1 saturated heterocycles. The molecule has 6 nitrogen and oxygen atoms in total. The van der Waals surface area contributed by atoms with Crippen molar-refractivity contribution in [3.63, 3.8) is 0 Å². The number of alkyl halides is 1. The van der Waals surface area contributed by atoms with E-state index in [9.17, 15) is 19.1 Å². The summed E-state index contributed by atoms with van der Waals surface area (Å²) in [5.41, 5.74) is 6.09. The quantitative estimate of drug-likeness (QED) is 0.788. The minimum Gasteiger partial charge on any atom is -0.477 e. The molecule has 1 saturated carbocycles. The number of rotatable bonds is 3. The second-order valence-electron chi connectivity index (χ2n) is 8.01. The van der Waals surface area contributed by atoms with Crippen molar-refractivity contribution in [1.82, 2.24) is 4.57 Å². The molecule has 28 heavy (non-hydrogen) atoms. The molecule has 0 bridgehead atoms. The third-order valence-corrected chi connectivity index (χ3v) is 5.77. The molecule has 1 unspecified atom stereocenters. The standard InChI is InChI=1S/C20H21F2N3O3/c1-9-6-24(8-20(9,3)23)17-10(2)16-11(4-14(17)22)18(26)12(19(27)28)7-25(16)15-5-13(15)21/h4,7,13,15H,1,5-6,8,23H2,2-3H3,(H,27,28)/t13-,15+,20?/m0/s1. The second kappa shape index (κ2) is 5.88. The number of carboxylic acids is 1. The summed E-state index contributed by atoms with van der Waals surface area (Å²) in [7, 11) is 0. The van der Waals surface area contributed by atoms with E-state index in [0.717, 1.165) is 11.6 Å². The van der Waals surface area contributed by atoms with E-state index in [-0.39, 0.29) is 17.5 Å². The maximum atomic E-state index is 15.1. The van der Waals surface area contributed by atoms with Gasteiger partial charge in [-0.1, -0.05) is 6.58 Å². The zero-order chi connectivity index (χ0) is 20.5. The number of nitrogens with two attached hydrogens (primary N) is 1. The summed E-state index contributed by atoms with van der Waals surface area (Å²) >= 11 is 0. The Morgan fingerprint density at radius 2 is 2.11 bits per heavy atom. The number of aromatic nitrogens is 1. The molecule has 1 aromatic heterocycles. The first-order valence-corrected chi connectivity index (χ1v) is 9.00. The molecule has 1 aliphatic carbocycles. The molecular weight excluding hydrogens is 368 g/mol. The molecule has 0 spiro atoms. The van der Waals surface area contributed by atoms with Gasteiger partial charge in [0.2, 0.25) is 5.43 Å². The van der Waals surface area contributed by atoms with Gasteiger partial charge in [0.1, 0.15) is 17.6 Å². The predicted octanol–water partition coefficient (Wildman–Crippen LogP) is 2.52. The van der Waals surface area contributed by atoms with E-state index in [0.29, 0.717) is 24.2 Å². The van der Waals surface area contributed by atoms with Gasteiger partial charge in [-0.3, -0.25) is 4.79 Å². The van der Waals surface area contributed by atoms with Crippen LogP contribution in [0, 0.1) is 12.7 Å². The minimum absolute atomic E-state index is 0.0636. The Morgan fingerprint density at radius 1 is 1.46 bits per heavy atom. The van der Waals surface area contributed by atoms with Crippen molar-refractivity contribution in [3.05, 3.63) is 51.6 Å². The van der Waals surface area contributed by atoms with Crippen LogP contribution < -0.4 is 16.1 Å². The lowest BCUT2D eigenvalue weighted by molar-refractivity contribution is 0.0694. The molecule has 3 atom stereocenters. The number of benzene rings is 1. The molecule has 2 aliphatic rings. The molecule has 8 heteroatoms. The lowest BCUT2D eigenvalue weighted by Crippen LogP contribution is -2.40. The molecule has 2 fully saturated rings.